The number of halogens is 1. The van der Waals surface area contributed by atoms with Gasteiger partial charge in [0, 0.05) is 5.56 Å². The fourth-order valence-electron chi connectivity index (χ4n) is 2.99. The number of ether oxygens (including phenoxy) is 2. The van der Waals surface area contributed by atoms with E-state index in [1.165, 1.54) is 23.1 Å². The lowest BCUT2D eigenvalue weighted by Gasteiger charge is -2.39. The van der Waals surface area contributed by atoms with Gasteiger partial charge in [0.15, 0.2) is 0 Å². The molecule has 2 aromatic rings. The molecule has 1 amide bonds. The van der Waals surface area contributed by atoms with Crippen molar-refractivity contribution in [3.8, 4) is 16.9 Å². The first-order valence-electron chi connectivity index (χ1n) is 9.31. The standard InChI is InChI=1S/C22H24FNO5/c1-13-5-6-19(23)18(7-13)14-8-15(20(25)26)10-16(9-14)28-17-11-24(12-17)21(27)29-22(2,3)4/h5-10,17H,11-12H2,1-4H3,(H,25,26). The van der Waals surface area contributed by atoms with Crippen LogP contribution in [-0.4, -0.2) is 46.9 Å². The molecule has 1 heterocycles. The zero-order chi connectivity index (χ0) is 21.3. The number of aromatic carboxylic acids is 1. The van der Waals surface area contributed by atoms with Gasteiger partial charge in [0.25, 0.3) is 0 Å². The molecule has 1 fully saturated rings. The minimum Gasteiger partial charge on any atom is -0.487 e. The normalized spacial score (nSPS) is 14.3. The second-order valence-electron chi connectivity index (χ2n) is 8.16. The molecule has 1 N–H and O–H groups in total. The molecule has 0 spiro atoms. The summed E-state index contributed by atoms with van der Waals surface area (Å²) in [5.41, 5.74) is 1.01. The van der Waals surface area contributed by atoms with Gasteiger partial charge in [-0.05, 0) is 63.6 Å². The maximum atomic E-state index is 14.3. The Labute approximate surface area is 168 Å². The van der Waals surface area contributed by atoms with Crippen molar-refractivity contribution >= 4 is 12.1 Å². The average Bonchev–Trinajstić information content (AvgIpc) is 2.57. The number of hydrogen-bond donors (Lipinski definition) is 1. The second-order valence-corrected chi connectivity index (χ2v) is 8.16. The molecule has 0 radical (unpaired) electrons. The van der Waals surface area contributed by atoms with E-state index in [0.29, 0.717) is 30.0 Å². The lowest BCUT2D eigenvalue weighted by atomic mass is 10.00. The van der Waals surface area contributed by atoms with Gasteiger partial charge in [0.05, 0.1) is 18.7 Å². The Balaban J connectivity index is 1.77. The summed E-state index contributed by atoms with van der Waals surface area (Å²) in [5.74, 6) is -1.26. The molecule has 0 bridgehead atoms. The summed E-state index contributed by atoms with van der Waals surface area (Å²) in [6.45, 7) is 7.88. The number of hydrogen-bond acceptors (Lipinski definition) is 4. The third-order valence-electron chi connectivity index (χ3n) is 4.39. The molecule has 7 heteroatoms. The minimum atomic E-state index is -1.13. The average molecular weight is 401 g/mol. The molecule has 1 aliphatic rings. The van der Waals surface area contributed by atoms with Crippen LogP contribution >= 0.6 is 0 Å². The summed E-state index contributed by atoms with van der Waals surface area (Å²) >= 11 is 0. The Morgan fingerprint density at radius 2 is 1.83 bits per heavy atom. The Bertz CT molecular complexity index is 945. The van der Waals surface area contributed by atoms with Crippen molar-refractivity contribution in [2.45, 2.75) is 39.4 Å². The molecule has 6 nitrogen and oxygen atoms in total. The van der Waals surface area contributed by atoms with Gasteiger partial charge in [-0.1, -0.05) is 11.6 Å². The number of nitrogens with zero attached hydrogens (tertiary/aromatic N) is 1. The molecule has 1 saturated heterocycles. The van der Waals surface area contributed by atoms with E-state index in [-0.39, 0.29) is 11.7 Å². The molecular formula is C22H24FNO5. The highest BCUT2D eigenvalue weighted by Gasteiger charge is 2.35. The van der Waals surface area contributed by atoms with Crippen molar-refractivity contribution in [1.29, 1.82) is 0 Å². The number of rotatable bonds is 4. The quantitative estimate of drug-likeness (QED) is 0.817. The first-order valence-corrected chi connectivity index (χ1v) is 9.31. The number of carboxylic acids is 1. The molecule has 0 unspecified atom stereocenters. The zero-order valence-electron chi connectivity index (χ0n) is 16.9. The highest BCUT2D eigenvalue weighted by Crippen LogP contribution is 2.30. The fraction of sp³-hybridized carbons (Fsp3) is 0.364. The van der Waals surface area contributed by atoms with Gasteiger partial charge in [0.2, 0.25) is 0 Å². The predicted molar refractivity (Wildman–Crippen MR) is 106 cm³/mol. The lowest BCUT2D eigenvalue weighted by Crippen LogP contribution is -2.57. The Kier molecular flexibility index (Phi) is 5.50. The maximum absolute atomic E-state index is 14.3. The van der Waals surface area contributed by atoms with Gasteiger partial charge in [0.1, 0.15) is 23.3 Å². The van der Waals surface area contributed by atoms with Gasteiger partial charge in [-0.25, -0.2) is 14.0 Å². The van der Waals surface area contributed by atoms with Gasteiger partial charge < -0.3 is 19.5 Å². The first-order chi connectivity index (χ1) is 13.5. The van der Waals surface area contributed by atoms with E-state index in [4.69, 9.17) is 9.47 Å². The summed E-state index contributed by atoms with van der Waals surface area (Å²) in [7, 11) is 0. The molecule has 154 valence electrons. The Morgan fingerprint density at radius 3 is 2.45 bits per heavy atom. The van der Waals surface area contributed by atoms with Crippen molar-refractivity contribution in [2.24, 2.45) is 0 Å². The van der Waals surface area contributed by atoms with Crippen LogP contribution in [0.4, 0.5) is 9.18 Å². The molecule has 3 rings (SSSR count). The van der Waals surface area contributed by atoms with Crippen LogP contribution in [0.1, 0.15) is 36.7 Å². The molecule has 2 aromatic carbocycles. The maximum Gasteiger partial charge on any atom is 0.410 e. The highest BCUT2D eigenvalue weighted by atomic mass is 19.1. The van der Waals surface area contributed by atoms with Crippen LogP contribution in [0.5, 0.6) is 5.75 Å². The van der Waals surface area contributed by atoms with Gasteiger partial charge >= 0.3 is 12.1 Å². The van der Waals surface area contributed by atoms with Gasteiger partial charge in [-0.15, -0.1) is 0 Å². The van der Waals surface area contributed by atoms with Crippen LogP contribution in [0.3, 0.4) is 0 Å². The number of aryl methyl sites for hydroxylation is 1. The largest absolute Gasteiger partial charge is 0.487 e. The van der Waals surface area contributed by atoms with Gasteiger partial charge in [-0.3, -0.25) is 0 Å². The number of carbonyl (C=O) groups excluding carboxylic acids is 1. The Morgan fingerprint density at radius 1 is 1.14 bits per heavy atom. The van der Waals surface area contributed by atoms with Crippen LogP contribution in [0.25, 0.3) is 11.1 Å². The van der Waals surface area contributed by atoms with Crippen molar-refractivity contribution in [2.75, 3.05) is 13.1 Å². The summed E-state index contributed by atoms with van der Waals surface area (Å²) < 4.78 is 25.4. The third kappa shape index (κ3) is 5.04. The van der Waals surface area contributed by atoms with Gasteiger partial charge in [-0.2, -0.15) is 0 Å². The van der Waals surface area contributed by atoms with Crippen LogP contribution < -0.4 is 4.74 Å². The number of carbonyl (C=O) groups is 2. The zero-order valence-corrected chi connectivity index (χ0v) is 16.9. The summed E-state index contributed by atoms with van der Waals surface area (Å²) in [4.78, 5) is 25.0. The smallest absolute Gasteiger partial charge is 0.410 e. The van der Waals surface area contributed by atoms with Crippen molar-refractivity contribution < 1.29 is 28.6 Å². The van der Waals surface area contributed by atoms with Crippen LogP contribution in [0, 0.1) is 12.7 Å². The minimum absolute atomic E-state index is 0.00160. The topological polar surface area (TPSA) is 76.1 Å². The Hall–Kier alpha value is -3.09. The number of carboxylic acid groups (broad SMARTS) is 1. The molecule has 0 atom stereocenters. The van der Waals surface area contributed by atoms with E-state index >= 15 is 0 Å². The van der Waals surface area contributed by atoms with Crippen LogP contribution in [0.2, 0.25) is 0 Å². The predicted octanol–water partition coefficient (Wildman–Crippen LogP) is 4.50. The fourth-order valence-corrected chi connectivity index (χ4v) is 2.99. The SMILES string of the molecule is Cc1ccc(F)c(-c2cc(OC3CN(C(=O)OC(C)(C)C)C3)cc(C(=O)O)c2)c1. The molecular weight excluding hydrogens is 377 g/mol. The summed E-state index contributed by atoms with van der Waals surface area (Å²) in [6.07, 6.45) is -0.707. The van der Waals surface area contributed by atoms with Crippen molar-refractivity contribution in [1.82, 2.24) is 4.90 Å². The molecule has 29 heavy (non-hydrogen) atoms. The van der Waals surface area contributed by atoms with Crippen LogP contribution in [-0.2, 0) is 4.74 Å². The second kappa shape index (κ2) is 7.73. The molecule has 0 aromatic heterocycles. The van der Waals surface area contributed by atoms with E-state index in [0.717, 1.165) is 5.56 Å². The van der Waals surface area contributed by atoms with E-state index in [2.05, 4.69) is 0 Å². The van der Waals surface area contributed by atoms with Crippen LogP contribution in [0.15, 0.2) is 36.4 Å². The van der Waals surface area contributed by atoms with E-state index in [1.807, 2.05) is 6.92 Å². The number of likely N-dealkylation sites (tertiary alicyclic amines) is 1. The number of amides is 1. The first kappa shape index (κ1) is 20.6. The summed E-state index contributed by atoms with van der Waals surface area (Å²) in [5, 5.41) is 9.41. The molecule has 0 aliphatic carbocycles. The third-order valence-corrected chi connectivity index (χ3v) is 4.39. The monoisotopic (exact) mass is 401 g/mol. The summed E-state index contributed by atoms with van der Waals surface area (Å²) in [6, 6.07) is 9.09. The molecule has 0 saturated carbocycles. The van der Waals surface area contributed by atoms with E-state index in [9.17, 15) is 19.1 Å². The van der Waals surface area contributed by atoms with Crippen molar-refractivity contribution in [3.63, 3.8) is 0 Å². The molecule has 1 aliphatic heterocycles. The van der Waals surface area contributed by atoms with E-state index < -0.39 is 23.5 Å². The van der Waals surface area contributed by atoms with E-state index in [1.54, 1.807) is 39.0 Å². The van der Waals surface area contributed by atoms with Crippen molar-refractivity contribution in [3.05, 3.63) is 53.3 Å². The lowest BCUT2D eigenvalue weighted by molar-refractivity contribution is -0.0221. The number of benzene rings is 2. The highest BCUT2D eigenvalue weighted by molar-refractivity contribution is 5.90.